The van der Waals surface area contributed by atoms with Crippen LogP contribution in [0.1, 0.15) is 27.7 Å². The van der Waals surface area contributed by atoms with Crippen LogP contribution in [-0.2, 0) is 4.74 Å². The van der Waals surface area contributed by atoms with Gasteiger partial charge in [0.05, 0.1) is 12.1 Å². The van der Waals surface area contributed by atoms with Crippen molar-refractivity contribution in [2.45, 2.75) is 33.2 Å². The second-order valence-corrected chi connectivity index (χ2v) is 6.58. The second kappa shape index (κ2) is 7.58. The largest absolute Gasteiger partial charge is 0.383 e. The molecule has 0 aromatic heterocycles. The van der Waals surface area contributed by atoms with Crippen LogP contribution in [-0.4, -0.2) is 68.3 Å². The Hall–Kier alpha value is -0.160. The fraction of sp³-hybridized carbons (Fsp3) is 1.00. The highest BCUT2D eigenvalue weighted by Crippen LogP contribution is 2.26. The van der Waals surface area contributed by atoms with E-state index in [0.717, 1.165) is 38.7 Å². The first-order valence-corrected chi connectivity index (χ1v) is 7.62. The van der Waals surface area contributed by atoms with Crippen LogP contribution in [0, 0.1) is 11.8 Å². The fourth-order valence-electron chi connectivity index (χ4n) is 3.19. The van der Waals surface area contributed by atoms with Gasteiger partial charge in [-0.2, -0.15) is 0 Å². The van der Waals surface area contributed by atoms with Crippen LogP contribution in [0.2, 0.25) is 0 Å². The Balaban J connectivity index is 2.64. The molecule has 19 heavy (non-hydrogen) atoms. The zero-order valence-corrected chi connectivity index (χ0v) is 13.5. The maximum absolute atomic E-state index is 6.11. The van der Waals surface area contributed by atoms with Crippen molar-refractivity contribution in [1.29, 1.82) is 0 Å². The minimum atomic E-state index is -0.00132. The predicted octanol–water partition coefficient (Wildman–Crippen LogP) is 1.26. The molecule has 0 aromatic carbocycles. The summed E-state index contributed by atoms with van der Waals surface area (Å²) in [5.74, 6) is 1.25. The standard InChI is InChI=1S/C15H33N3O/c1-13(2)10-17-6-8-18(9-7-17)15(11-16,12-19-5)14(3)4/h13-14H,6-12,16H2,1-5H3. The van der Waals surface area contributed by atoms with Crippen molar-refractivity contribution in [3.05, 3.63) is 0 Å². The van der Waals surface area contributed by atoms with E-state index >= 15 is 0 Å². The summed E-state index contributed by atoms with van der Waals surface area (Å²) in [6.07, 6.45) is 0. The van der Waals surface area contributed by atoms with Crippen molar-refractivity contribution in [2.75, 3.05) is 53.0 Å². The lowest BCUT2D eigenvalue weighted by atomic mass is 9.84. The number of methoxy groups -OCH3 is 1. The smallest absolute Gasteiger partial charge is 0.0661 e. The van der Waals surface area contributed by atoms with Gasteiger partial charge in [0, 0.05) is 46.4 Å². The van der Waals surface area contributed by atoms with Gasteiger partial charge in [-0.15, -0.1) is 0 Å². The molecule has 0 aliphatic carbocycles. The predicted molar refractivity (Wildman–Crippen MR) is 81.4 cm³/mol. The van der Waals surface area contributed by atoms with Crippen LogP contribution in [0.4, 0.5) is 0 Å². The average Bonchev–Trinajstić information content (AvgIpc) is 2.36. The molecule has 1 saturated heterocycles. The highest BCUT2D eigenvalue weighted by atomic mass is 16.5. The van der Waals surface area contributed by atoms with Crippen LogP contribution in [0.15, 0.2) is 0 Å². The molecule has 4 nitrogen and oxygen atoms in total. The number of nitrogens with two attached hydrogens (primary N) is 1. The van der Waals surface area contributed by atoms with Crippen molar-refractivity contribution in [2.24, 2.45) is 17.6 Å². The van der Waals surface area contributed by atoms with Gasteiger partial charge in [0.25, 0.3) is 0 Å². The molecule has 0 aromatic rings. The number of hydrogen-bond acceptors (Lipinski definition) is 4. The Kier molecular flexibility index (Phi) is 6.74. The van der Waals surface area contributed by atoms with E-state index in [1.807, 2.05) is 0 Å². The quantitative estimate of drug-likeness (QED) is 0.757. The van der Waals surface area contributed by atoms with E-state index in [4.69, 9.17) is 10.5 Å². The van der Waals surface area contributed by atoms with Crippen molar-refractivity contribution < 1.29 is 4.74 Å². The molecule has 1 aliphatic heterocycles. The molecule has 1 aliphatic rings. The van der Waals surface area contributed by atoms with Gasteiger partial charge in [-0.1, -0.05) is 27.7 Å². The van der Waals surface area contributed by atoms with Crippen LogP contribution in [0.3, 0.4) is 0 Å². The number of piperazine rings is 1. The summed E-state index contributed by atoms with van der Waals surface area (Å²) >= 11 is 0. The summed E-state index contributed by atoms with van der Waals surface area (Å²) in [6, 6.07) is 0. The topological polar surface area (TPSA) is 41.7 Å². The Morgan fingerprint density at radius 2 is 1.68 bits per heavy atom. The van der Waals surface area contributed by atoms with E-state index in [9.17, 15) is 0 Å². The number of ether oxygens (including phenoxy) is 1. The summed E-state index contributed by atoms with van der Waals surface area (Å²) < 4.78 is 5.47. The molecule has 0 spiro atoms. The number of nitrogens with zero attached hydrogens (tertiary/aromatic N) is 2. The SMILES string of the molecule is COCC(CN)(C(C)C)N1CCN(CC(C)C)CC1. The van der Waals surface area contributed by atoms with Crippen molar-refractivity contribution in [3.63, 3.8) is 0 Å². The van der Waals surface area contributed by atoms with Crippen LogP contribution < -0.4 is 5.73 Å². The summed E-state index contributed by atoms with van der Waals surface area (Å²) in [5, 5.41) is 0. The third-order valence-electron chi connectivity index (χ3n) is 4.45. The molecular formula is C15H33N3O. The first kappa shape index (κ1) is 16.9. The summed E-state index contributed by atoms with van der Waals surface area (Å²) in [6.45, 7) is 16.2. The Labute approximate surface area is 119 Å². The lowest BCUT2D eigenvalue weighted by molar-refractivity contribution is -0.0408. The zero-order valence-electron chi connectivity index (χ0n) is 13.5. The Morgan fingerprint density at radius 3 is 2.05 bits per heavy atom. The molecule has 1 fully saturated rings. The number of hydrogen-bond donors (Lipinski definition) is 1. The fourth-order valence-corrected chi connectivity index (χ4v) is 3.19. The van der Waals surface area contributed by atoms with Gasteiger partial charge >= 0.3 is 0 Å². The van der Waals surface area contributed by atoms with E-state index < -0.39 is 0 Å². The van der Waals surface area contributed by atoms with E-state index in [1.54, 1.807) is 7.11 Å². The summed E-state index contributed by atoms with van der Waals surface area (Å²) in [7, 11) is 1.78. The van der Waals surface area contributed by atoms with Crippen molar-refractivity contribution >= 4 is 0 Å². The first-order chi connectivity index (χ1) is 8.96. The van der Waals surface area contributed by atoms with Crippen molar-refractivity contribution in [3.8, 4) is 0 Å². The summed E-state index contributed by atoms with van der Waals surface area (Å²) in [4.78, 5) is 5.12. The highest BCUT2D eigenvalue weighted by Gasteiger charge is 2.40. The Bertz CT molecular complexity index is 250. The van der Waals surface area contributed by atoms with Crippen LogP contribution >= 0.6 is 0 Å². The molecule has 0 amide bonds. The van der Waals surface area contributed by atoms with Gasteiger partial charge in [-0.05, 0) is 11.8 Å². The molecule has 1 heterocycles. The molecule has 1 atom stereocenters. The number of rotatable bonds is 7. The van der Waals surface area contributed by atoms with E-state index in [-0.39, 0.29) is 5.54 Å². The van der Waals surface area contributed by atoms with Gasteiger partial charge in [0.15, 0.2) is 0 Å². The third-order valence-corrected chi connectivity index (χ3v) is 4.45. The maximum Gasteiger partial charge on any atom is 0.0661 e. The van der Waals surface area contributed by atoms with E-state index in [1.165, 1.54) is 6.54 Å². The van der Waals surface area contributed by atoms with Gasteiger partial charge in [0.1, 0.15) is 0 Å². The zero-order chi connectivity index (χ0) is 14.5. The minimum absolute atomic E-state index is 0.00132. The molecule has 1 rings (SSSR count). The molecule has 0 radical (unpaired) electrons. The van der Waals surface area contributed by atoms with Crippen molar-refractivity contribution in [1.82, 2.24) is 9.80 Å². The highest BCUT2D eigenvalue weighted by molar-refractivity contribution is 4.96. The lowest BCUT2D eigenvalue weighted by Gasteiger charge is -2.49. The van der Waals surface area contributed by atoms with E-state index in [0.29, 0.717) is 12.5 Å². The molecule has 114 valence electrons. The molecular weight excluding hydrogens is 238 g/mol. The second-order valence-electron chi connectivity index (χ2n) is 6.58. The molecule has 2 N–H and O–H groups in total. The monoisotopic (exact) mass is 271 g/mol. The molecule has 0 bridgehead atoms. The van der Waals surface area contributed by atoms with Crippen LogP contribution in [0.5, 0.6) is 0 Å². The third kappa shape index (κ3) is 4.15. The molecule has 0 saturated carbocycles. The van der Waals surface area contributed by atoms with Gasteiger partial charge in [-0.3, -0.25) is 4.90 Å². The minimum Gasteiger partial charge on any atom is -0.383 e. The molecule has 4 heteroatoms. The normalized spacial score (nSPS) is 22.1. The van der Waals surface area contributed by atoms with E-state index in [2.05, 4.69) is 37.5 Å². The Morgan fingerprint density at radius 1 is 1.11 bits per heavy atom. The van der Waals surface area contributed by atoms with Crippen LogP contribution in [0.25, 0.3) is 0 Å². The first-order valence-electron chi connectivity index (χ1n) is 7.62. The lowest BCUT2D eigenvalue weighted by Crippen LogP contribution is -2.64. The van der Waals surface area contributed by atoms with Gasteiger partial charge in [-0.25, -0.2) is 0 Å². The molecule has 1 unspecified atom stereocenters. The van der Waals surface area contributed by atoms with Gasteiger partial charge < -0.3 is 15.4 Å². The summed E-state index contributed by atoms with van der Waals surface area (Å²) in [5.41, 5.74) is 6.10. The maximum atomic E-state index is 6.11. The van der Waals surface area contributed by atoms with Gasteiger partial charge in [0.2, 0.25) is 0 Å². The average molecular weight is 271 g/mol.